The van der Waals surface area contributed by atoms with Crippen LogP contribution in [0.15, 0.2) is 48.5 Å². The van der Waals surface area contributed by atoms with Gasteiger partial charge >= 0.3 is 0 Å². The Hall–Kier alpha value is -3.02. The molecule has 0 aliphatic carbocycles. The molecule has 1 aliphatic rings. The molecule has 3 rings (SSSR count). The smallest absolute Gasteiger partial charge is 0.265 e. The predicted molar refractivity (Wildman–Crippen MR) is 114 cm³/mol. The van der Waals surface area contributed by atoms with Crippen molar-refractivity contribution in [2.75, 3.05) is 30.0 Å². The Bertz CT molecular complexity index is 834. The van der Waals surface area contributed by atoms with Crippen LogP contribution in [0.25, 0.3) is 0 Å². The molecule has 2 amide bonds. The Balaban J connectivity index is 1.65. The highest BCUT2D eigenvalue weighted by Crippen LogP contribution is 2.35. The van der Waals surface area contributed by atoms with Crippen molar-refractivity contribution in [1.29, 1.82) is 0 Å². The molecule has 1 aliphatic heterocycles. The second-order valence-corrected chi connectivity index (χ2v) is 7.03. The zero-order valence-corrected chi connectivity index (χ0v) is 17.0. The third-order valence-electron chi connectivity index (χ3n) is 5.06. The SMILES string of the molecule is CCC(CC)C(=O)Nc1ccc2c(c1)N(CCCOc1ccccc1)C(=O)CO2. The fourth-order valence-corrected chi connectivity index (χ4v) is 3.36. The Morgan fingerprint density at radius 2 is 1.93 bits per heavy atom. The zero-order valence-electron chi connectivity index (χ0n) is 17.0. The molecule has 0 atom stereocenters. The van der Waals surface area contributed by atoms with E-state index in [0.717, 1.165) is 18.6 Å². The van der Waals surface area contributed by atoms with Gasteiger partial charge in [-0.3, -0.25) is 9.59 Å². The van der Waals surface area contributed by atoms with Crippen molar-refractivity contribution in [2.24, 2.45) is 5.92 Å². The van der Waals surface area contributed by atoms with E-state index in [4.69, 9.17) is 9.47 Å². The van der Waals surface area contributed by atoms with Crippen molar-refractivity contribution in [3.8, 4) is 11.5 Å². The molecule has 0 radical (unpaired) electrons. The largest absolute Gasteiger partial charge is 0.494 e. The fraction of sp³-hybridized carbons (Fsp3) is 0.391. The number of rotatable bonds is 9. The van der Waals surface area contributed by atoms with Gasteiger partial charge in [0.1, 0.15) is 11.5 Å². The third kappa shape index (κ3) is 5.28. The summed E-state index contributed by atoms with van der Waals surface area (Å²) in [5, 5.41) is 2.96. The molecular weight excluding hydrogens is 368 g/mol. The molecule has 2 aromatic rings. The molecule has 0 saturated heterocycles. The van der Waals surface area contributed by atoms with Gasteiger partial charge in [0.2, 0.25) is 5.91 Å². The summed E-state index contributed by atoms with van der Waals surface area (Å²) >= 11 is 0. The number of hydrogen-bond acceptors (Lipinski definition) is 4. The van der Waals surface area contributed by atoms with Crippen LogP contribution in [0.3, 0.4) is 0 Å². The van der Waals surface area contributed by atoms with Crippen molar-refractivity contribution in [2.45, 2.75) is 33.1 Å². The van der Waals surface area contributed by atoms with E-state index < -0.39 is 0 Å². The van der Waals surface area contributed by atoms with Crippen LogP contribution in [0.4, 0.5) is 11.4 Å². The van der Waals surface area contributed by atoms with Gasteiger partial charge in [-0.2, -0.15) is 0 Å². The van der Waals surface area contributed by atoms with Crippen LogP contribution in [-0.2, 0) is 9.59 Å². The highest BCUT2D eigenvalue weighted by Gasteiger charge is 2.26. The minimum Gasteiger partial charge on any atom is -0.494 e. The van der Waals surface area contributed by atoms with Crippen molar-refractivity contribution in [3.05, 3.63) is 48.5 Å². The minimum absolute atomic E-state index is 0.000755. The average Bonchev–Trinajstić information content (AvgIpc) is 2.74. The van der Waals surface area contributed by atoms with Crippen molar-refractivity contribution < 1.29 is 19.1 Å². The number of nitrogens with one attached hydrogen (secondary N) is 1. The number of carbonyl (C=O) groups is 2. The van der Waals surface area contributed by atoms with Gasteiger partial charge in [0.15, 0.2) is 6.61 Å². The van der Waals surface area contributed by atoms with Gasteiger partial charge in [-0.25, -0.2) is 0 Å². The maximum absolute atomic E-state index is 12.4. The number of nitrogens with zero attached hydrogens (tertiary/aromatic N) is 1. The molecular formula is C23H28N2O4. The van der Waals surface area contributed by atoms with Crippen molar-refractivity contribution in [3.63, 3.8) is 0 Å². The van der Waals surface area contributed by atoms with E-state index in [9.17, 15) is 9.59 Å². The molecule has 0 saturated carbocycles. The summed E-state index contributed by atoms with van der Waals surface area (Å²) < 4.78 is 11.3. The van der Waals surface area contributed by atoms with Crippen LogP contribution in [0.1, 0.15) is 33.1 Å². The molecule has 154 valence electrons. The lowest BCUT2D eigenvalue weighted by Crippen LogP contribution is -2.40. The third-order valence-corrected chi connectivity index (χ3v) is 5.06. The maximum Gasteiger partial charge on any atom is 0.265 e. The monoisotopic (exact) mass is 396 g/mol. The molecule has 0 spiro atoms. The minimum atomic E-state index is -0.0966. The lowest BCUT2D eigenvalue weighted by molar-refractivity contribution is -0.121. The van der Waals surface area contributed by atoms with Gasteiger partial charge in [0.25, 0.3) is 5.91 Å². The molecule has 2 aromatic carbocycles. The van der Waals surface area contributed by atoms with Crippen LogP contribution in [0.2, 0.25) is 0 Å². The van der Waals surface area contributed by atoms with Gasteiger partial charge in [-0.15, -0.1) is 0 Å². The predicted octanol–water partition coefficient (Wildman–Crippen LogP) is 4.26. The van der Waals surface area contributed by atoms with Crippen LogP contribution in [0, 0.1) is 5.92 Å². The molecule has 0 bridgehead atoms. The lowest BCUT2D eigenvalue weighted by atomic mass is 10.0. The van der Waals surface area contributed by atoms with E-state index in [0.29, 0.717) is 36.7 Å². The Morgan fingerprint density at radius 3 is 2.66 bits per heavy atom. The average molecular weight is 396 g/mol. The molecule has 0 fully saturated rings. The first-order chi connectivity index (χ1) is 14.1. The number of benzene rings is 2. The van der Waals surface area contributed by atoms with E-state index in [1.165, 1.54) is 0 Å². The molecule has 6 heteroatoms. The molecule has 0 aromatic heterocycles. The van der Waals surface area contributed by atoms with E-state index in [-0.39, 0.29) is 24.3 Å². The first-order valence-electron chi connectivity index (χ1n) is 10.2. The summed E-state index contributed by atoms with van der Waals surface area (Å²) in [5.41, 5.74) is 1.35. The van der Waals surface area contributed by atoms with Crippen LogP contribution >= 0.6 is 0 Å². The summed E-state index contributed by atoms with van der Waals surface area (Å²) in [4.78, 5) is 26.5. The zero-order chi connectivity index (χ0) is 20.6. The first kappa shape index (κ1) is 20.7. The summed E-state index contributed by atoms with van der Waals surface area (Å²) in [6.07, 6.45) is 2.27. The van der Waals surface area contributed by atoms with Crippen LogP contribution < -0.4 is 19.7 Å². The van der Waals surface area contributed by atoms with E-state index in [1.807, 2.05) is 56.3 Å². The van der Waals surface area contributed by atoms with Crippen LogP contribution in [-0.4, -0.2) is 31.6 Å². The number of hydrogen-bond donors (Lipinski definition) is 1. The first-order valence-corrected chi connectivity index (χ1v) is 10.2. The van der Waals surface area contributed by atoms with Crippen molar-refractivity contribution in [1.82, 2.24) is 0 Å². The fourth-order valence-electron chi connectivity index (χ4n) is 3.36. The number of carbonyl (C=O) groups excluding carboxylic acids is 2. The molecule has 1 heterocycles. The standard InChI is InChI=1S/C23H28N2O4/c1-3-17(4-2)23(27)24-18-11-12-21-20(15-18)25(22(26)16-29-21)13-8-14-28-19-9-6-5-7-10-19/h5-7,9-12,15,17H,3-4,8,13-14,16H2,1-2H3,(H,24,27). The number of anilines is 2. The van der Waals surface area contributed by atoms with E-state index in [1.54, 1.807) is 11.0 Å². The topological polar surface area (TPSA) is 67.9 Å². The van der Waals surface area contributed by atoms with E-state index in [2.05, 4.69) is 5.32 Å². The summed E-state index contributed by atoms with van der Waals surface area (Å²) in [6.45, 7) is 5.06. The highest BCUT2D eigenvalue weighted by atomic mass is 16.5. The second kappa shape index (κ2) is 9.96. The number of amides is 2. The quantitative estimate of drug-likeness (QED) is 0.643. The number of ether oxygens (including phenoxy) is 2. The highest BCUT2D eigenvalue weighted by molar-refractivity contribution is 5.99. The van der Waals surface area contributed by atoms with Gasteiger partial charge in [0, 0.05) is 18.2 Å². The molecule has 6 nitrogen and oxygen atoms in total. The van der Waals surface area contributed by atoms with Gasteiger partial charge in [0.05, 0.1) is 12.3 Å². The maximum atomic E-state index is 12.4. The molecule has 29 heavy (non-hydrogen) atoms. The number of para-hydroxylation sites is 1. The Morgan fingerprint density at radius 1 is 1.17 bits per heavy atom. The Kier molecular flexibility index (Phi) is 7.11. The van der Waals surface area contributed by atoms with Crippen LogP contribution in [0.5, 0.6) is 11.5 Å². The Labute approximate surface area is 171 Å². The lowest BCUT2D eigenvalue weighted by Gasteiger charge is -2.30. The van der Waals surface area contributed by atoms with Gasteiger partial charge in [-0.05, 0) is 49.6 Å². The summed E-state index contributed by atoms with van der Waals surface area (Å²) in [7, 11) is 0. The summed E-state index contributed by atoms with van der Waals surface area (Å²) in [5.74, 6) is 1.35. The van der Waals surface area contributed by atoms with Gasteiger partial charge < -0.3 is 19.7 Å². The molecule has 0 unspecified atom stereocenters. The molecule has 1 N–H and O–H groups in total. The second-order valence-electron chi connectivity index (χ2n) is 7.03. The summed E-state index contributed by atoms with van der Waals surface area (Å²) in [6, 6.07) is 15.0. The number of fused-ring (bicyclic) bond motifs is 1. The van der Waals surface area contributed by atoms with Crippen molar-refractivity contribution >= 4 is 23.2 Å². The van der Waals surface area contributed by atoms with Gasteiger partial charge in [-0.1, -0.05) is 32.0 Å². The normalized spacial score (nSPS) is 13.1. The van der Waals surface area contributed by atoms with E-state index >= 15 is 0 Å².